The summed E-state index contributed by atoms with van der Waals surface area (Å²) >= 11 is 0. The first-order valence-electron chi connectivity index (χ1n) is 5.63. The standard InChI is InChI=1S/C14H15NO3/c1-17-13-4-2-3-11(7-13)10-18-14-5-6-15-12(8-14)9-16/h2-8,16H,9-10H2,1H3. The van der Waals surface area contributed by atoms with Gasteiger partial charge in [0.05, 0.1) is 19.4 Å². The molecule has 0 unspecified atom stereocenters. The van der Waals surface area contributed by atoms with Crippen LogP contribution in [0, 0.1) is 0 Å². The number of aliphatic hydroxyl groups is 1. The quantitative estimate of drug-likeness (QED) is 0.877. The molecule has 0 saturated carbocycles. The van der Waals surface area contributed by atoms with Gasteiger partial charge in [-0.3, -0.25) is 4.98 Å². The molecule has 1 N–H and O–H groups in total. The van der Waals surface area contributed by atoms with E-state index in [1.807, 2.05) is 24.3 Å². The zero-order valence-corrected chi connectivity index (χ0v) is 10.2. The van der Waals surface area contributed by atoms with Gasteiger partial charge in [-0.05, 0) is 23.8 Å². The van der Waals surface area contributed by atoms with Crippen molar-refractivity contribution in [1.82, 2.24) is 4.98 Å². The Labute approximate surface area is 106 Å². The Morgan fingerprint density at radius 1 is 1.17 bits per heavy atom. The van der Waals surface area contributed by atoms with Crippen LogP contribution < -0.4 is 9.47 Å². The van der Waals surface area contributed by atoms with Crippen LogP contribution in [0.5, 0.6) is 11.5 Å². The van der Waals surface area contributed by atoms with Crippen LogP contribution in [0.4, 0.5) is 0 Å². The highest BCUT2D eigenvalue weighted by molar-refractivity contribution is 5.29. The van der Waals surface area contributed by atoms with E-state index in [1.54, 1.807) is 25.4 Å². The highest BCUT2D eigenvalue weighted by Gasteiger charge is 1.99. The Kier molecular flexibility index (Phi) is 4.15. The first-order chi connectivity index (χ1) is 8.81. The highest BCUT2D eigenvalue weighted by Crippen LogP contribution is 2.16. The minimum atomic E-state index is -0.0869. The maximum Gasteiger partial charge on any atom is 0.123 e. The lowest BCUT2D eigenvalue weighted by Crippen LogP contribution is -1.97. The molecule has 0 aliphatic rings. The van der Waals surface area contributed by atoms with Crippen LogP contribution in [-0.2, 0) is 13.2 Å². The fourth-order valence-electron chi connectivity index (χ4n) is 1.56. The Morgan fingerprint density at radius 3 is 2.83 bits per heavy atom. The molecule has 2 rings (SSSR count). The van der Waals surface area contributed by atoms with Crippen molar-refractivity contribution in [1.29, 1.82) is 0 Å². The van der Waals surface area contributed by atoms with E-state index in [2.05, 4.69) is 4.98 Å². The van der Waals surface area contributed by atoms with Gasteiger partial charge >= 0.3 is 0 Å². The average Bonchev–Trinajstić information content (AvgIpc) is 2.45. The summed E-state index contributed by atoms with van der Waals surface area (Å²) in [6.45, 7) is 0.364. The third kappa shape index (κ3) is 3.21. The molecule has 0 bridgehead atoms. The number of benzene rings is 1. The molecule has 1 heterocycles. The van der Waals surface area contributed by atoms with Gasteiger partial charge in [-0.1, -0.05) is 12.1 Å². The molecule has 0 spiro atoms. The van der Waals surface area contributed by atoms with E-state index in [0.29, 0.717) is 18.1 Å². The summed E-state index contributed by atoms with van der Waals surface area (Å²) in [6, 6.07) is 11.2. The average molecular weight is 245 g/mol. The molecular formula is C14H15NO3. The van der Waals surface area contributed by atoms with E-state index >= 15 is 0 Å². The second-order valence-electron chi connectivity index (χ2n) is 3.78. The van der Waals surface area contributed by atoms with Crippen LogP contribution in [0.2, 0.25) is 0 Å². The first-order valence-corrected chi connectivity index (χ1v) is 5.63. The molecule has 0 atom stereocenters. The third-order valence-corrected chi connectivity index (χ3v) is 2.49. The maximum absolute atomic E-state index is 8.98. The van der Waals surface area contributed by atoms with Gasteiger partial charge in [0.2, 0.25) is 0 Å². The van der Waals surface area contributed by atoms with E-state index in [0.717, 1.165) is 11.3 Å². The van der Waals surface area contributed by atoms with E-state index in [-0.39, 0.29) is 6.61 Å². The van der Waals surface area contributed by atoms with Crippen molar-refractivity contribution in [2.45, 2.75) is 13.2 Å². The van der Waals surface area contributed by atoms with Crippen molar-refractivity contribution in [2.24, 2.45) is 0 Å². The summed E-state index contributed by atoms with van der Waals surface area (Å²) in [5.41, 5.74) is 1.62. The second-order valence-corrected chi connectivity index (χ2v) is 3.78. The molecule has 0 radical (unpaired) electrons. The van der Waals surface area contributed by atoms with Gasteiger partial charge in [0.15, 0.2) is 0 Å². The molecule has 94 valence electrons. The summed E-state index contributed by atoms with van der Waals surface area (Å²) in [7, 11) is 1.64. The number of ether oxygens (including phenoxy) is 2. The largest absolute Gasteiger partial charge is 0.497 e. The zero-order chi connectivity index (χ0) is 12.8. The summed E-state index contributed by atoms with van der Waals surface area (Å²) in [5, 5.41) is 8.98. The molecule has 4 nitrogen and oxygen atoms in total. The monoisotopic (exact) mass is 245 g/mol. The van der Waals surface area contributed by atoms with Crippen molar-refractivity contribution in [3.05, 3.63) is 53.9 Å². The van der Waals surface area contributed by atoms with Crippen LogP contribution in [-0.4, -0.2) is 17.2 Å². The second kappa shape index (κ2) is 6.02. The predicted molar refractivity (Wildman–Crippen MR) is 67.5 cm³/mol. The van der Waals surface area contributed by atoms with Crippen molar-refractivity contribution in [2.75, 3.05) is 7.11 Å². The number of rotatable bonds is 5. The van der Waals surface area contributed by atoms with Gasteiger partial charge in [0.25, 0.3) is 0 Å². The fourth-order valence-corrected chi connectivity index (χ4v) is 1.56. The van der Waals surface area contributed by atoms with Crippen molar-refractivity contribution in [3.8, 4) is 11.5 Å². The van der Waals surface area contributed by atoms with Gasteiger partial charge in [0, 0.05) is 12.3 Å². The molecular weight excluding hydrogens is 230 g/mol. The number of hydrogen-bond acceptors (Lipinski definition) is 4. The summed E-state index contributed by atoms with van der Waals surface area (Å²) < 4.78 is 10.8. The Morgan fingerprint density at radius 2 is 2.06 bits per heavy atom. The molecule has 1 aromatic carbocycles. The van der Waals surface area contributed by atoms with Crippen molar-refractivity contribution in [3.63, 3.8) is 0 Å². The number of pyridine rings is 1. The number of aliphatic hydroxyl groups excluding tert-OH is 1. The molecule has 4 heteroatoms. The Bertz CT molecular complexity index is 466. The molecule has 0 aliphatic heterocycles. The van der Waals surface area contributed by atoms with E-state index < -0.39 is 0 Å². The number of nitrogens with zero attached hydrogens (tertiary/aromatic N) is 1. The van der Waals surface area contributed by atoms with Gasteiger partial charge in [0.1, 0.15) is 18.1 Å². The summed E-state index contributed by atoms with van der Waals surface area (Å²) in [4.78, 5) is 3.99. The first kappa shape index (κ1) is 12.4. The maximum atomic E-state index is 8.98. The van der Waals surface area contributed by atoms with Crippen molar-refractivity contribution < 1.29 is 14.6 Å². The van der Waals surface area contributed by atoms with E-state index in [4.69, 9.17) is 14.6 Å². The smallest absolute Gasteiger partial charge is 0.123 e. The molecule has 0 fully saturated rings. The molecule has 0 aliphatic carbocycles. The summed E-state index contributed by atoms with van der Waals surface area (Å²) in [6.07, 6.45) is 1.62. The van der Waals surface area contributed by atoms with Crippen LogP contribution >= 0.6 is 0 Å². The third-order valence-electron chi connectivity index (χ3n) is 2.49. The van der Waals surface area contributed by atoms with Gasteiger partial charge in [-0.15, -0.1) is 0 Å². The van der Waals surface area contributed by atoms with Gasteiger partial charge in [-0.2, -0.15) is 0 Å². The lowest BCUT2D eigenvalue weighted by molar-refractivity contribution is 0.272. The highest BCUT2D eigenvalue weighted by atomic mass is 16.5. The topological polar surface area (TPSA) is 51.6 Å². The minimum absolute atomic E-state index is 0.0869. The number of aromatic nitrogens is 1. The molecule has 0 amide bonds. The SMILES string of the molecule is COc1cccc(COc2ccnc(CO)c2)c1. The number of methoxy groups -OCH3 is 1. The van der Waals surface area contributed by atoms with Gasteiger partial charge < -0.3 is 14.6 Å². The van der Waals surface area contributed by atoms with Gasteiger partial charge in [-0.25, -0.2) is 0 Å². The van der Waals surface area contributed by atoms with Crippen molar-refractivity contribution >= 4 is 0 Å². The van der Waals surface area contributed by atoms with Crippen LogP contribution in [0.15, 0.2) is 42.6 Å². The van der Waals surface area contributed by atoms with E-state index in [1.165, 1.54) is 0 Å². The molecule has 0 saturated heterocycles. The normalized spacial score (nSPS) is 10.1. The molecule has 1 aromatic heterocycles. The molecule has 18 heavy (non-hydrogen) atoms. The van der Waals surface area contributed by atoms with E-state index in [9.17, 15) is 0 Å². The lowest BCUT2D eigenvalue weighted by atomic mass is 10.2. The fraction of sp³-hybridized carbons (Fsp3) is 0.214. The van der Waals surface area contributed by atoms with Crippen LogP contribution in [0.1, 0.15) is 11.3 Å². The summed E-state index contributed by atoms with van der Waals surface area (Å²) in [5.74, 6) is 1.50. The predicted octanol–water partition coefficient (Wildman–Crippen LogP) is 2.16. The number of hydrogen-bond donors (Lipinski definition) is 1. The minimum Gasteiger partial charge on any atom is -0.497 e. The van der Waals surface area contributed by atoms with Crippen LogP contribution in [0.25, 0.3) is 0 Å². The van der Waals surface area contributed by atoms with Crippen LogP contribution in [0.3, 0.4) is 0 Å². The Hall–Kier alpha value is -2.07. The lowest BCUT2D eigenvalue weighted by Gasteiger charge is -2.08. The zero-order valence-electron chi connectivity index (χ0n) is 10.2. The Balaban J connectivity index is 2.01. The molecule has 2 aromatic rings.